The van der Waals surface area contributed by atoms with Crippen molar-refractivity contribution in [1.82, 2.24) is 0 Å². The van der Waals surface area contributed by atoms with Crippen LogP contribution in [0.4, 0.5) is 22.0 Å². The van der Waals surface area contributed by atoms with Gasteiger partial charge in [-0.15, -0.1) is 0 Å². The smallest absolute Gasteiger partial charge is 0.209 e. The number of hydrogen-bond acceptors (Lipinski definition) is 0. The number of alkyl halides is 3. The van der Waals surface area contributed by atoms with E-state index in [0.717, 1.165) is 6.92 Å². The van der Waals surface area contributed by atoms with Crippen LogP contribution in [0, 0.1) is 0 Å². The minimum absolute atomic E-state index is 0.578. The molecule has 0 nitrogen and oxygen atoms in total. The maximum Gasteiger partial charge on any atom is 0.445 e. The molecule has 5 heteroatoms. The molecule has 0 fully saturated rings. The summed E-state index contributed by atoms with van der Waals surface area (Å²) in [5, 5.41) is 0. The van der Waals surface area contributed by atoms with Crippen molar-refractivity contribution in [2.45, 2.75) is 19.5 Å². The van der Waals surface area contributed by atoms with Gasteiger partial charge in [0.05, 0.1) is 0 Å². The van der Waals surface area contributed by atoms with Crippen molar-refractivity contribution in [3.05, 3.63) is 11.7 Å². The lowest BCUT2D eigenvalue weighted by Crippen LogP contribution is -2.09. The molecular weight excluding hydrogens is 155 g/mol. The molecule has 0 aromatic carbocycles. The van der Waals surface area contributed by atoms with Crippen LogP contribution in [0.15, 0.2) is 11.7 Å². The topological polar surface area (TPSA) is 0 Å². The van der Waals surface area contributed by atoms with Gasteiger partial charge in [-0.1, -0.05) is 6.92 Å². The van der Waals surface area contributed by atoms with Crippen molar-refractivity contribution in [2.75, 3.05) is 0 Å². The highest BCUT2D eigenvalue weighted by Crippen LogP contribution is 2.30. The summed E-state index contributed by atoms with van der Waals surface area (Å²) >= 11 is 0. The molecule has 0 atom stereocenters. The van der Waals surface area contributed by atoms with Crippen molar-refractivity contribution in [3.8, 4) is 0 Å². The molecule has 0 heterocycles. The maximum absolute atomic E-state index is 11.8. The van der Waals surface area contributed by atoms with E-state index >= 15 is 0 Å². The Labute approximate surface area is 54.3 Å². The summed E-state index contributed by atoms with van der Waals surface area (Å²) in [4.78, 5) is 0. The Kier molecular flexibility index (Phi) is 2.80. The predicted molar refractivity (Wildman–Crippen MR) is 25.6 cm³/mol. The van der Waals surface area contributed by atoms with Gasteiger partial charge in [0.15, 0.2) is 0 Å². The fourth-order valence-electron chi connectivity index (χ4n) is 0.309. The molecule has 0 saturated heterocycles. The van der Waals surface area contributed by atoms with Crippen LogP contribution >= 0.6 is 0 Å². The van der Waals surface area contributed by atoms with Crippen LogP contribution in [0.2, 0.25) is 0 Å². The van der Waals surface area contributed by atoms with Crippen LogP contribution in [-0.2, 0) is 0 Å². The van der Waals surface area contributed by atoms with Crippen LogP contribution in [0.1, 0.15) is 13.3 Å². The van der Waals surface area contributed by atoms with E-state index in [2.05, 4.69) is 0 Å². The van der Waals surface area contributed by atoms with Crippen LogP contribution < -0.4 is 0 Å². The summed E-state index contributed by atoms with van der Waals surface area (Å²) in [6.07, 6.45) is -5.76. The molecule has 0 spiro atoms. The van der Waals surface area contributed by atoms with Crippen molar-refractivity contribution in [2.24, 2.45) is 0 Å². The van der Waals surface area contributed by atoms with Crippen molar-refractivity contribution in [1.29, 1.82) is 0 Å². The zero-order valence-corrected chi connectivity index (χ0v) is 5.10. The molecular formula is C5H5F5. The van der Waals surface area contributed by atoms with Crippen LogP contribution in [-0.4, -0.2) is 6.18 Å². The van der Waals surface area contributed by atoms with Gasteiger partial charge in [0.1, 0.15) is 5.83 Å². The highest BCUT2D eigenvalue weighted by molar-refractivity contribution is 5.04. The van der Waals surface area contributed by atoms with Crippen molar-refractivity contribution < 1.29 is 22.0 Å². The minimum atomic E-state index is -5.18. The van der Waals surface area contributed by atoms with Gasteiger partial charge in [-0.05, 0) is 6.42 Å². The van der Waals surface area contributed by atoms with Crippen molar-refractivity contribution >= 4 is 0 Å². The second-order valence-electron chi connectivity index (χ2n) is 1.57. The first-order valence-corrected chi connectivity index (χ1v) is 2.51. The molecule has 0 aliphatic rings. The number of halogens is 5. The average molecular weight is 160 g/mol. The van der Waals surface area contributed by atoms with E-state index in [9.17, 15) is 22.0 Å². The largest absolute Gasteiger partial charge is 0.445 e. The van der Waals surface area contributed by atoms with E-state index in [1.807, 2.05) is 0 Å². The normalized spacial score (nSPS) is 15.0. The first kappa shape index (κ1) is 9.39. The Morgan fingerprint density at radius 1 is 1.20 bits per heavy atom. The maximum atomic E-state index is 11.8. The van der Waals surface area contributed by atoms with E-state index in [-0.39, 0.29) is 0 Å². The molecule has 10 heavy (non-hydrogen) atoms. The molecule has 0 bridgehead atoms. The SMILES string of the molecule is CCC(F)=C(F)C(F)(F)F. The van der Waals surface area contributed by atoms with Gasteiger partial charge < -0.3 is 0 Å². The number of hydrogen-bond donors (Lipinski definition) is 0. The van der Waals surface area contributed by atoms with Crippen LogP contribution in [0.5, 0.6) is 0 Å². The van der Waals surface area contributed by atoms with E-state index in [1.54, 1.807) is 0 Å². The van der Waals surface area contributed by atoms with E-state index in [0.29, 0.717) is 0 Å². The Morgan fingerprint density at radius 2 is 1.60 bits per heavy atom. The standard InChI is InChI=1S/C5H5F5/c1-2-3(6)4(7)5(8,9)10/h2H2,1H3. The molecule has 0 radical (unpaired) electrons. The molecule has 0 rings (SSSR count). The quantitative estimate of drug-likeness (QED) is 0.517. The summed E-state index contributed by atoms with van der Waals surface area (Å²) < 4.78 is 57.1. The molecule has 0 N–H and O–H groups in total. The summed E-state index contributed by atoms with van der Waals surface area (Å²) in [6.45, 7) is 1.10. The molecule has 0 aromatic heterocycles. The fraction of sp³-hybridized carbons (Fsp3) is 0.600. The summed E-state index contributed by atoms with van der Waals surface area (Å²) in [5.41, 5.74) is 0. The monoisotopic (exact) mass is 160 g/mol. The lowest BCUT2D eigenvalue weighted by Gasteiger charge is -2.02. The van der Waals surface area contributed by atoms with Gasteiger partial charge in [0.25, 0.3) is 0 Å². The van der Waals surface area contributed by atoms with E-state index < -0.39 is 24.3 Å². The van der Waals surface area contributed by atoms with Gasteiger partial charge in [-0.2, -0.15) is 17.6 Å². The van der Waals surface area contributed by atoms with Crippen LogP contribution in [0.3, 0.4) is 0 Å². The molecule has 60 valence electrons. The Morgan fingerprint density at radius 3 is 1.70 bits per heavy atom. The zero-order chi connectivity index (χ0) is 8.36. The highest BCUT2D eigenvalue weighted by atomic mass is 19.4. The number of allylic oxidation sites excluding steroid dienone is 2. The summed E-state index contributed by atoms with van der Waals surface area (Å²) in [7, 11) is 0. The van der Waals surface area contributed by atoms with Gasteiger partial charge in [-0.25, -0.2) is 4.39 Å². The Hall–Kier alpha value is -0.610. The van der Waals surface area contributed by atoms with Crippen molar-refractivity contribution in [3.63, 3.8) is 0 Å². The predicted octanol–water partition coefficient (Wildman–Crippen LogP) is 3.11. The average Bonchev–Trinajstić information content (AvgIpc) is 1.83. The van der Waals surface area contributed by atoms with E-state index in [1.165, 1.54) is 0 Å². The minimum Gasteiger partial charge on any atom is -0.209 e. The van der Waals surface area contributed by atoms with Gasteiger partial charge in [0.2, 0.25) is 5.83 Å². The molecule has 0 unspecified atom stereocenters. The highest BCUT2D eigenvalue weighted by Gasteiger charge is 2.37. The lowest BCUT2D eigenvalue weighted by molar-refractivity contribution is -0.111. The molecule has 0 aromatic rings. The molecule has 0 aliphatic heterocycles. The van der Waals surface area contributed by atoms with Gasteiger partial charge in [-0.3, -0.25) is 0 Å². The van der Waals surface area contributed by atoms with Gasteiger partial charge in [0, 0.05) is 0 Å². The number of rotatable bonds is 1. The molecule has 0 aliphatic carbocycles. The summed E-state index contributed by atoms with van der Waals surface area (Å²) in [6, 6.07) is 0. The van der Waals surface area contributed by atoms with Gasteiger partial charge >= 0.3 is 6.18 Å². The van der Waals surface area contributed by atoms with E-state index in [4.69, 9.17) is 0 Å². The Balaban J connectivity index is 4.47. The summed E-state index contributed by atoms with van der Waals surface area (Å²) in [5.74, 6) is -4.39. The molecule has 0 saturated carbocycles. The second kappa shape index (κ2) is 2.98. The van der Waals surface area contributed by atoms with Crippen LogP contribution in [0.25, 0.3) is 0 Å². The first-order valence-electron chi connectivity index (χ1n) is 2.51. The lowest BCUT2D eigenvalue weighted by atomic mass is 10.3. The third kappa shape index (κ3) is 2.33. The first-order chi connectivity index (χ1) is 4.39. The third-order valence-corrected chi connectivity index (χ3v) is 0.797. The Bertz CT molecular complexity index is 143. The third-order valence-electron chi connectivity index (χ3n) is 0.797. The zero-order valence-electron chi connectivity index (χ0n) is 5.10. The second-order valence-corrected chi connectivity index (χ2v) is 1.57. The fourth-order valence-corrected chi connectivity index (χ4v) is 0.309. The molecule has 0 amide bonds.